The fourth-order valence-corrected chi connectivity index (χ4v) is 2.57. The Hall–Kier alpha value is -1.49. The van der Waals surface area contributed by atoms with E-state index in [9.17, 15) is 0 Å². The van der Waals surface area contributed by atoms with Crippen LogP contribution in [0.1, 0.15) is 38.4 Å². The van der Waals surface area contributed by atoms with Gasteiger partial charge in [-0.2, -0.15) is 0 Å². The molecule has 5 heteroatoms. The zero-order valence-corrected chi connectivity index (χ0v) is 13.1. The van der Waals surface area contributed by atoms with Crippen molar-refractivity contribution >= 4 is 5.96 Å². The van der Waals surface area contributed by atoms with Gasteiger partial charge in [0.15, 0.2) is 5.96 Å². The number of guanidine groups is 1. The van der Waals surface area contributed by atoms with E-state index in [1.54, 1.807) is 6.26 Å². The van der Waals surface area contributed by atoms with E-state index in [1.807, 2.05) is 12.1 Å². The number of aliphatic imine (C=N–C) groups is 1. The SMILES string of the molecule is CCNC(=NCc1ccco1)NCCCCN1CCCC1. The van der Waals surface area contributed by atoms with E-state index in [4.69, 9.17) is 4.42 Å². The van der Waals surface area contributed by atoms with Gasteiger partial charge >= 0.3 is 0 Å². The van der Waals surface area contributed by atoms with Crippen LogP contribution in [-0.4, -0.2) is 43.6 Å². The molecule has 5 nitrogen and oxygen atoms in total. The van der Waals surface area contributed by atoms with Gasteiger partial charge in [0.2, 0.25) is 0 Å². The summed E-state index contributed by atoms with van der Waals surface area (Å²) in [4.78, 5) is 7.09. The quantitative estimate of drug-likeness (QED) is 0.438. The van der Waals surface area contributed by atoms with E-state index in [0.29, 0.717) is 6.54 Å². The minimum Gasteiger partial charge on any atom is -0.467 e. The number of likely N-dealkylation sites (tertiary alicyclic amines) is 1. The molecule has 1 saturated heterocycles. The van der Waals surface area contributed by atoms with Crippen molar-refractivity contribution in [1.29, 1.82) is 0 Å². The molecule has 0 amide bonds. The zero-order valence-electron chi connectivity index (χ0n) is 13.1. The van der Waals surface area contributed by atoms with Crippen LogP contribution in [0.3, 0.4) is 0 Å². The van der Waals surface area contributed by atoms with E-state index < -0.39 is 0 Å². The van der Waals surface area contributed by atoms with Gasteiger partial charge in [0.05, 0.1) is 6.26 Å². The molecule has 1 aliphatic rings. The standard InChI is InChI=1S/C16H28N4O/c1-2-17-16(19-14-15-8-7-13-21-15)18-9-3-4-10-20-11-5-6-12-20/h7-8,13H,2-6,9-12,14H2,1H3,(H2,17,18,19). The molecule has 0 unspecified atom stereocenters. The van der Waals surface area contributed by atoms with Crippen LogP contribution in [0, 0.1) is 0 Å². The molecule has 2 heterocycles. The van der Waals surface area contributed by atoms with Crippen molar-refractivity contribution in [1.82, 2.24) is 15.5 Å². The molecular weight excluding hydrogens is 264 g/mol. The third kappa shape index (κ3) is 6.21. The fraction of sp³-hybridized carbons (Fsp3) is 0.688. The van der Waals surface area contributed by atoms with Crippen molar-refractivity contribution in [2.75, 3.05) is 32.7 Å². The third-order valence-corrected chi connectivity index (χ3v) is 3.71. The first kappa shape index (κ1) is 15.9. The van der Waals surface area contributed by atoms with Crippen LogP contribution in [0.2, 0.25) is 0 Å². The molecule has 0 radical (unpaired) electrons. The molecule has 0 saturated carbocycles. The largest absolute Gasteiger partial charge is 0.467 e. The summed E-state index contributed by atoms with van der Waals surface area (Å²) in [6, 6.07) is 3.84. The predicted molar refractivity (Wildman–Crippen MR) is 86.4 cm³/mol. The molecule has 0 aliphatic carbocycles. The van der Waals surface area contributed by atoms with E-state index in [1.165, 1.54) is 45.3 Å². The van der Waals surface area contributed by atoms with Gasteiger partial charge in [0.1, 0.15) is 12.3 Å². The van der Waals surface area contributed by atoms with Crippen molar-refractivity contribution < 1.29 is 4.42 Å². The van der Waals surface area contributed by atoms with Crippen molar-refractivity contribution in [3.8, 4) is 0 Å². The highest BCUT2D eigenvalue weighted by Crippen LogP contribution is 2.07. The molecule has 2 rings (SSSR count). The Morgan fingerprint density at radius 3 is 2.86 bits per heavy atom. The number of nitrogens with one attached hydrogen (secondary N) is 2. The molecule has 1 aromatic heterocycles. The van der Waals surface area contributed by atoms with Crippen LogP contribution in [0.5, 0.6) is 0 Å². The van der Waals surface area contributed by atoms with Gasteiger partial charge in [-0.3, -0.25) is 0 Å². The lowest BCUT2D eigenvalue weighted by Crippen LogP contribution is -2.38. The topological polar surface area (TPSA) is 52.8 Å². The molecular formula is C16H28N4O. The van der Waals surface area contributed by atoms with E-state index in [2.05, 4.69) is 27.4 Å². The lowest BCUT2D eigenvalue weighted by atomic mass is 10.3. The van der Waals surface area contributed by atoms with Gasteiger partial charge in [-0.25, -0.2) is 4.99 Å². The summed E-state index contributed by atoms with van der Waals surface area (Å²) in [6.07, 6.45) is 6.88. The van der Waals surface area contributed by atoms with E-state index in [0.717, 1.165) is 24.8 Å². The molecule has 0 atom stereocenters. The Morgan fingerprint density at radius 1 is 1.29 bits per heavy atom. The second-order valence-corrected chi connectivity index (χ2v) is 5.46. The fourth-order valence-electron chi connectivity index (χ4n) is 2.57. The van der Waals surface area contributed by atoms with Gasteiger partial charge in [-0.05, 0) is 64.4 Å². The highest BCUT2D eigenvalue weighted by Gasteiger charge is 2.09. The van der Waals surface area contributed by atoms with Crippen molar-refractivity contribution in [2.24, 2.45) is 4.99 Å². The summed E-state index contributed by atoms with van der Waals surface area (Å²) in [5, 5.41) is 6.65. The Balaban J connectivity index is 1.61. The smallest absolute Gasteiger partial charge is 0.191 e. The Labute approximate surface area is 127 Å². The number of rotatable bonds is 8. The van der Waals surface area contributed by atoms with Gasteiger partial charge in [0, 0.05) is 13.1 Å². The molecule has 0 aromatic carbocycles. The molecule has 0 bridgehead atoms. The number of nitrogens with zero attached hydrogens (tertiary/aromatic N) is 2. The van der Waals surface area contributed by atoms with Crippen molar-refractivity contribution in [3.63, 3.8) is 0 Å². The first-order chi connectivity index (χ1) is 10.4. The molecule has 0 spiro atoms. The Bertz CT molecular complexity index is 396. The summed E-state index contributed by atoms with van der Waals surface area (Å²) >= 11 is 0. The summed E-state index contributed by atoms with van der Waals surface area (Å²) in [5.74, 6) is 1.76. The maximum Gasteiger partial charge on any atom is 0.191 e. The summed E-state index contributed by atoms with van der Waals surface area (Å²) in [5.41, 5.74) is 0. The van der Waals surface area contributed by atoms with E-state index >= 15 is 0 Å². The second kappa shape index (κ2) is 9.45. The molecule has 118 valence electrons. The van der Waals surface area contributed by atoms with Gasteiger partial charge < -0.3 is 20.0 Å². The van der Waals surface area contributed by atoms with Crippen LogP contribution in [0.15, 0.2) is 27.8 Å². The van der Waals surface area contributed by atoms with Gasteiger partial charge in [-0.1, -0.05) is 0 Å². The van der Waals surface area contributed by atoms with E-state index in [-0.39, 0.29) is 0 Å². The Morgan fingerprint density at radius 2 is 2.14 bits per heavy atom. The first-order valence-corrected chi connectivity index (χ1v) is 8.15. The monoisotopic (exact) mass is 292 g/mol. The highest BCUT2D eigenvalue weighted by atomic mass is 16.3. The average Bonchev–Trinajstić information content (AvgIpc) is 3.17. The van der Waals surface area contributed by atoms with Crippen LogP contribution < -0.4 is 10.6 Å². The number of hydrogen-bond donors (Lipinski definition) is 2. The summed E-state index contributed by atoms with van der Waals surface area (Å²) in [7, 11) is 0. The first-order valence-electron chi connectivity index (χ1n) is 8.15. The Kier molecular flexibility index (Phi) is 7.15. The van der Waals surface area contributed by atoms with Crippen LogP contribution in [0.25, 0.3) is 0 Å². The van der Waals surface area contributed by atoms with Gasteiger partial charge in [-0.15, -0.1) is 0 Å². The molecule has 1 aliphatic heterocycles. The summed E-state index contributed by atoms with van der Waals surface area (Å²) < 4.78 is 5.29. The molecule has 2 N–H and O–H groups in total. The molecule has 1 fully saturated rings. The highest BCUT2D eigenvalue weighted by molar-refractivity contribution is 5.79. The minimum atomic E-state index is 0.579. The number of unbranched alkanes of at least 4 members (excludes halogenated alkanes) is 1. The predicted octanol–water partition coefficient (Wildman–Crippen LogP) is 2.21. The zero-order chi connectivity index (χ0) is 14.8. The van der Waals surface area contributed by atoms with Crippen LogP contribution >= 0.6 is 0 Å². The number of furan rings is 1. The maximum atomic E-state index is 5.29. The lowest BCUT2D eigenvalue weighted by molar-refractivity contribution is 0.330. The molecule has 21 heavy (non-hydrogen) atoms. The van der Waals surface area contributed by atoms with Crippen molar-refractivity contribution in [2.45, 2.75) is 39.2 Å². The minimum absolute atomic E-state index is 0.579. The third-order valence-electron chi connectivity index (χ3n) is 3.71. The second-order valence-electron chi connectivity index (χ2n) is 5.46. The number of hydrogen-bond acceptors (Lipinski definition) is 3. The maximum absolute atomic E-state index is 5.29. The van der Waals surface area contributed by atoms with Crippen LogP contribution in [-0.2, 0) is 6.54 Å². The van der Waals surface area contributed by atoms with Crippen LogP contribution in [0.4, 0.5) is 0 Å². The van der Waals surface area contributed by atoms with Gasteiger partial charge in [0.25, 0.3) is 0 Å². The molecule has 1 aromatic rings. The lowest BCUT2D eigenvalue weighted by Gasteiger charge is -2.15. The normalized spacial score (nSPS) is 16.3. The average molecular weight is 292 g/mol. The summed E-state index contributed by atoms with van der Waals surface area (Å²) in [6.45, 7) is 8.33. The van der Waals surface area contributed by atoms with Crippen molar-refractivity contribution in [3.05, 3.63) is 24.2 Å².